The number of nitrogens with zero attached hydrogens (tertiary/aromatic N) is 1. The molecule has 2 rings (SSSR count). The van der Waals surface area contributed by atoms with E-state index in [4.69, 9.17) is 4.74 Å². The van der Waals surface area contributed by atoms with Crippen LogP contribution in [0, 0.1) is 0 Å². The second-order valence-corrected chi connectivity index (χ2v) is 5.96. The largest absolute Gasteiger partial charge is 0.378 e. The lowest BCUT2D eigenvalue weighted by Crippen LogP contribution is -2.48. The second-order valence-electron chi connectivity index (χ2n) is 4.07. The van der Waals surface area contributed by atoms with Gasteiger partial charge >= 0.3 is 0 Å². The van der Waals surface area contributed by atoms with Crippen molar-refractivity contribution in [2.75, 3.05) is 19.8 Å². The Morgan fingerprint density at radius 3 is 2.71 bits per heavy atom. The number of morpholine rings is 1. The van der Waals surface area contributed by atoms with E-state index in [1.807, 2.05) is 13.0 Å². The predicted octanol–water partition coefficient (Wildman–Crippen LogP) is 1.49. The Hall–Kier alpha value is -0.910. The highest BCUT2D eigenvalue weighted by Gasteiger charge is 2.32. The molecule has 1 aliphatic rings. The molecule has 1 saturated heterocycles. The quantitative estimate of drug-likeness (QED) is 0.822. The molecule has 1 unspecified atom stereocenters. The maximum Gasteiger partial charge on any atom is 0.243 e. The minimum atomic E-state index is -3.37. The van der Waals surface area contributed by atoms with Gasteiger partial charge in [0.2, 0.25) is 10.0 Å². The summed E-state index contributed by atoms with van der Waals surface area (Å²) >= 11 is 0. The van der Waals surface area contributed by atoms with E-state index < -0.39 is 10.0 Å². The first-order valence-electron chi connectivity index (χ1n) is 5.81. The summed E-state index contributed by atoms with van der Waals surface area (Å²) in [5.74, 6) is 0. The zero-order chi connectivity index (χ0) is 12.3. The standard InChI is InChI=1S/C12H17NO3S/c1-2-11-10-16-9-8-13(11)17(14,15)12-6-4-3-5-7-12/h3-7,11H,2,8-10H2,1H3. The number of rotatable bonds is 3. The van der Waals surface area contributed by atoms with Crippen LogP contribution in [-0.4, -0.2) is 38.5 Å². The molecule has 0 radical (unpaired) electrons. The van der Waals surface area contributed by atoms with Crippen LogP contribution >= 0.6 is 0 Å². The summed E-state index contributed by atoms with van der Waals surface area (Å²) in [6, 6.07) is 8.53. The molecule has 1 aromatic carbocycles. The molecule has 0 aromatic heterocycles. The summed E-state index contributed by atoms with van der Waals surface area (Å²) in [7, 11) is -3.37. The van der Waals surface area contributed by atoms with E-state index >= 15 is 0 Å². The van der Waals surface area contributed by atoms with Gasteiger partial charge < -0.3 is 4.74 Å². The molecule has 4 nitrogen and oxygen atoms in total. The molecule has 0 amide bonds. The summed E-state index contributed by atoms with van der Waals surface area (Å²) < 4.78 is 31.7. The van der Waals surface area contributed by atoms with Crippen LogP contribution in [0.3, 0.4) is 0 Å². The summed E-state index contributed by atoms with van der Waals surface area (Å²) in [5.41, 5.74) is 0. The highest BCUT2D eigenvalue weighted by atomic mass is 32.2. The van der Waals surface area contributed by atoms with Gasteiger partial charge in [-0.25, -0.2) is 8.42 Å². The van der Waals surface area contributed by atoms with Crippen molar-refractivity contribution >= 4 is 10.0 Å². The molecular formula is C12H17NO3S. The van der Waals surface area contributed by atoms with Crippen molar-refractivity contribution in [2.24, 2.45) is 0 Å². The molecule has 1 atom stereocenters. The molecule has 1 fully saturated rings. The van der Waals surface area contributed by atoms with E-state index in [0.29, 0.717) is 24.7 Å². The lowest BCUT2D eigenvalue weighted by atomic mass is 10.2. The van der Waals surface area contributed by atoms with Crippen LogP contribution in [0.25, 0.3) is 0 Å². The van der Waals surface area contributed by atoms with Crippen molar-refractivity contribution in [1.29, 1.82) is 0 Å². The lowest BCUT2D eigenvalue weighted by Gasteiger charge is -2.33. The number of ether oxygens (including phenoxy) is 1. The number of benzene rings is 1. The highest BCUT2D eigenvalue weighted by molar-refractivity contribution is 7.89. The van der Waals surface area contributed by atoms with Gasteiger partial charge in [-0.1, -0.05) is 25.1 Å². The van der Waals surface area contributed by atoms with E-state index in [1.54, 1.807) is 28.6 Å². The molecule has 1 aromatic rings. The second kappa shape index (κ2) is 5.16. The van der Waals surface area contributed by atoms with Gasteiger partial charge in [0, 0.05) is 12.6 Å². The fourth-order valence-corrected chi connectivity index (χ4v) is 3.69. The fraction of sp³-hybridized carbons (Fsp3) is 0.500. The summed E-state index contributed by atoms with van der Waals surface area (Å²) in [6.07, 6.45) is 0.770. The molecule has 0 saturated carbocycles. The van der Waals surface area contributed by atoms with Gasteiger partial charge in [-0.2, -0.15) is 4.31 Å². The van der Waals surface area contributed by atoms with Crippen molar-refractivity contribution in [1.82, 2.24) is 4.31 Å². The normalized spacial score (nSPS) is 22.5. The van der Waals surface area contributed by atoms with Crippen molar-refractivity contribution in [2.45, 2.75) is 24.3 Å². The first kappa shape index (κ1) is 12.5. The lowest BCUT2D eigenvalue weighted by molar-refractivity contribution is 0.0314. The molecular weight excluding hydrogens is 238 g/mol. The minimum Gasteiger partial charge on any atom is -0.378 e. The van der Waals surface area contributed by atoms with E-state index in [9.17, 15) is 8.42 Å². The van der Waals surface area contributed by atoms with Crippen LogP contribution in [0.5, 0.6) is 0 Å². The van der Waals surface area contributed by atoms with Crippen LogP contribution in [0.1, 0.15) is 13.3 Å². The average Bonchev–Trinajstić information content (AvgIpc) is 2.39. The molecule has 1 heterocycles. The SMILES string of the molecule is CCC1COCCN1S(=O)(=O)c1ccccc1. The van der Waals surface area contributed by atoms with Gasteiger partial charge in [0.25, 0.3) is 0 Å². The Morgan fingerprint density at radius 2 is 2.06 bits per heavy atom. The number of sulfonamides is 1. The van der Waals surface area contributed by atoms with Crippen LogP contribution in [-0.2, 0) is 14.8 Å². The molecule has 0 spiro atoms. The van der Waals surface area contributed by atoms with E-state index in [2.05, 4.69) is 0 Å². The topological polar surface area (TPSA) is 46.6 Å². The summed E-state index contributed by atoms with van der Waals surface area (Å²) in [4.78, 5) is 0.361. The Balaban J connectivity index is 2.31. The molecule has 17 heavy (non-hydrogen) atoms. The Bertz CT molecular complexity index is 458. The van der Waals surface area contributed by atoms with Crippen LogP contribution in [0.2, 0.25) is 0 Å². The van der Waals surface area contributed by atoms with Gasteiger partial charge in [-0.05, 0) is 18.6 Å². The smallest absolute Gasteiger partial charge is 0.243 e. The van der Waals surface area contributed by atoms with Crippen molar-refractivity contribution < 1.29 is 13.2 Å². The Labute approximate surface area is 102 Å². The summed E-state index contributed by atoms with van der Waals surface area (Å²) in [6.45, 7) is 3.38. The third-order valence-electron chi connectivity index (χ3n) is 2.99. The van der Waals surface area contributed by atoms with Crippen LogP contribution < -0.4 is 0 Å². The zero-order valence-electron chi connectivity index (χ0n) is 9.87. The predicted molar refractivity (Wildman–Crippen MR) is 65.2 cm³/mol. The van der Waals surface area contributed by atoms with Crippen LogP contribution in [0.15, 0.2) is 35.2 Å². The van der Waals surface area contributed by atoms with Gasteiger partial charge in [0.1, 0.15) is 0 Å². The third kappa shape index (κ3) is 2.51. The molecule has 5 heteroatoms. The average molecular weight is 255 g/mol. The van der Waals surface area contributed by atoms with E-state index in [-0.39, 0.29) is 6.04 Å². The van der Waals surface area contributed by atoms with Gasteiger partial charge in [0.15, 0.2) is 0 Å². The monoisotopic (exact) mass is 255 g/mol. The van der Waals surface area contributed by atoms with Crippen molar-refractivity contribution in [3.05, 3.63) is 30.3 Å². The maximum absolute atomic E-state index is 12.4. The molecule has 94 valence electrons. The highest BCUT2D eigenvalue weighted by Crippen LogP contribution is 2.21. The molecule has 0 N–H and O–H groups in total. The zero-order valence-corrected chi connectivity index (χ0v) is 10.7. The third-order valence-corrected chi connectivity index (χ3v) is 4.96. The molecule has 0 bridgehead atoms. The first-order valence-corrected chi connectivity index (χ1v) is 7.25. The van der Waals surface area contributed by atoms with Crippen molar-refractivity contribution in [3.63, 3.8) is 0 Å². The van der Waals surface area contributed by atoms with E-state index in [1.165, 1.54) is 0 Å². The van der Waals surface area contributed by atoms with Gasteiger partial charge in [0.05, 0.1) is 18.1 Å². The summed E-state index contributed by atoms with van der Waals surface area (Å²) in [5, 5.41) is 0. The maximum atomic E-state index is 12.4. The molecule has 0 aliphatic carbocycles. The van der Waals surface area contributed by atoms with Gasteiger partial charge in [-0.3, -0.25) is 0 Å². The minimum absolute atomic E-state index is 0.0473. The number of hydrogen-bond donors (Lipinski definition) is 0. The Morgan fingerprint density at radius 1 is 1.35 bits per heavy atom. The molecule has 1 aliphatic heterocycles. The van der Waals surface area contributed by atoms with E-state index in [0.717, 1.165) is 6.42 Å². The number of hydrogen-bond acceptors (Lipinski definition) is 3. The first-order chi connectivity index (χ1) is 8.16. The van der Waals surface area contributed by atoms with Crippen LogP contribution in [0.4, 0.5) is 0 Å². The van der Waals surface area contributed by atoms with Gasteiger partial charge in [-0.15, -0.1) is 0 Å². The van der Waals surface area contributed by atoms with Crippen molar-refractivity contribution in [3.8, 4) is 0 Å². The fourth-order valence-electron chi connectivity index (χ4n) is 2.01. The Kier molecular flexibility index (Phi) is 3.81.